The third-order valence-electron chi connectivity index (χ3n) is 3.82. The lowest BCUT2D eigenvalue weighted by molar-refractivity contribution is -0.149. The van der Waals surface area contributed by atoms with Gasteiger partial charge < -0.3 is 14.7 Å². The molecule has 20 heavy (non-hydrogen) atoms. The first-order chi connectivity index (χ1) is 9.70. The number of esters is 1. The van der Waals surface area contributed by atoms with Gasteiger partial charge in [0.25, 0.3) is 0 Å². The van der Waals surface area contributed by atoms with Crippen LogP contribution in [0, 0.1) is 5.92 Å². The lowest BCUT2D eigenvalue weighted by Gasteiger charge is -2.32. The lowest BCUT2D eigenvalue weighted by atomic mass is 9.96. The number of carbonyl (C=O) groups excluding carboxylic acids is 1. The number of likely N-dealkylation sites (tertiary alicyclic amines) is 1. The minimum Gasteiger partial charge on any atom is -0.466 e. The molecule has 1 fully saturated rings. The summed E-state index contributed by atoms with van der Waals surface area (Å²) in [6.45, 7) is 4.59. The summed E-state index contributed by atoms with van der Waals surface area (Å²) in [6, 6.07) is 9.70. The van der Waals surface area contributed by atoms with Crippen LogP contribution in [0.1, 0.15) is 31.4 Å². The molecule has 0 spiro atoms. The predicted octanol–water partition coefficient (Wildman–Crippen LogP) is 2.00. The summed E-state index contributed by atoms with van der Waals surface area (Å²) < 4.78 is 5.06. The third kappa shape index (κ3) is 4.05. The van der Waals surface area contributed by atoms with Gasteiger partial charge in [0.2, 0.25) is 0 Å². The molecule has 0 saturated carbocycles. The van der Waals surface area contributed by atoms with Crippen LogP contribution in [-0.2, 0) is 9.53 Å². The van der Waals surface area contributed by atoms with Crippen molar-refractivity contribution in [3.63, 3.8) is 0 Å². The fraction of sp³-hybridized carbons (Fsp3) is 0.562. The topological polar surface area (TPSA) is 49.8 Å². The van der Waals surface area contributed by atoms with Crippen LogP contribution < -0.4 is 0 Å². The van der Waals surface area contributed by atoms with Gasteiger partial charge in [-0.3, -0.25) is 4.79 Å². The molecule has 1 heterocycles. The number of ether oxygens (including phenoxy) is 1. The van der Waals surface area contributed by atoms with Gasteiger partial charge in [-0.1, -0.05) is 30.3 Å². The number of nitrogens with zero attached hydrogens (tertiary/aromatic N) is 1. The maximum atomic E-state index is 11.7. The summed E-state index contributed by atoms with van der Waals surface area (Å²) in [5, 5.41) is 10.2. The van der Waals surface area contributed by atoms with Crippen LogP contribution in [0.2, 0.25) is 0 Å². The first kappa shape index (κ1) is 15.0. The molecule has 1 aliphatic rings. The van der Waals surface area contributed by atoms with E-state index in [4.69, 9.17) is 4.74 Å². The van der Waals surface area contributed by atoms with Crippen LogP contribution in [0.5, 0.6) is 0 Å². The molecule has 4 nitrogen and oxygen atoms in total. The van der Waals surface area contributed by atoms with Crippen molar-refractivity contribution < 1.29 is 14.6 Å². The second kappa shape index (κ2) is 7.41. The Hall–Kier alpha value is -1.39. The van der Waals surface area contributed by atoms with Gasteiger partial charge in [-0.25, -0.2) is 0 Å². The summed E-state index contributed by atoms with van der Waals surface area (Å²) in [5.74, 6) is -0.0455. The van der Waals surface area contributed by atoms with Crippen LogP contribution in [0.15, 0.2) is 30.3 Å². The zero-order valence-electron chi connectivity index (χ0n) is 12.0. The molecule has 0 amide bonds. The average Bonchev–Trinajstić information content (AvgIpc) is 2.49. The largest absolute Gasteiger partial charge is 0.466 e. The highest BCUT2D eigenvalue weighted by Gasteiger charge is 2.26. The van der Waals surface area contributed by atoms with Gasteiger partial charge >= 0.3 is 5.97 Å². The number of hydrogen-bond donors (Lipinski definition) is 1. The van der Waals surface area contributed by atoms with Gasteiger partial charge in [0.15, 0.2) is 0 Å². The minimum atomic E-state index is -0.463. The van der Waals surface area contributed by atoms with E-state index >= 15 is 0 Å². The number of rotatable bonds is 5. The van der Waals surface area contributed by atoms with Crippen molar-refractivity contribution in [3.8, 4) is 0 Å². The van der Waals surface area contributed by atoms with Crippen molar-refractivity contribution in [1.82, 2.24) is 4.90 Å². The summed E-state index contributed by atoms with van der Waals surface area (Å²) in [6.07, 6.45) is 1.18. The maximum Gasteiger partial charge on any atom is 0.309 e. The van der Waals surface area contributed by atoms with Crippen molar-refractivity contribution in [3.05, 3.63) is 35.9 Å². The van der Waals surface area contributed by atoms with Crippen LogP contribution in [0.25, 0.3) is 0 Å². The standard InChI is InChI=1S/C16H23NO3/c1-2-20-16(19)14-8-10-17(11-9-14)12-15(18)13-6-4-3-5-7-13/h3-7,14-15,18H,2,8-12H2,1H3/t15-/m1/s1. The number of aliphatic hydroxyl groups is 1. The van der Waals surface area contributed by atoms with Crippen molar-refractivity contribution in [1.29, 1.82) is 0 Å². The molecule has 110 valence electrons. The number of carbonyl (C=O) groups is 1. The molecule has 0 bridgehead atoms. The molecule has 4 heteroatoms. The van der Waals surface area contributed by atoms with Gasteiger partial charge in [0.1, 0.15) is 0 Å². The number of benzene rings is 1. The van der Waals surface area contributed by atoms with Gasteiger partial charge in [0, 0.05) is 6.54 Å². The molecular weight excluding hydrogens is 254 g/mol. The highest BCUT2D eigenvalue weighted by molar-refractivity contribution is 5.72. The minimum absolute atomic E-state index is 0.0278. The molecule has 0 aromatic heterocycles. The van der Waals surface area contributed by atoms with Gasteiger partial charge in [-0.15, -0.1) is 0 Å². The van der Waals surface area contributed by atoms with E-state index in [1.165, 1.54) is 0 Å². The Kier molecular flexibility index (Phi) is 5.56. The Morgan fingerprint density at radius 2 is 2.00 bits per heavy atom. The normalized spacial score (nSPS) is 18.7. The van der Waals surface area contributed by atoms with E-state index in [2.05, 4.69) is 4.90 Å². The summed E-state index contributed by atoms with van der Waals surface area (Å²) in [5.41, 5.74) is 0.944. The van der Waals surface area contributed by atoms with E-state index in [9.17, 15) is 9.90 Å². The van der Waals surface area contributed by atoms with Gasteiger partial charge in [-0.05, 0) is 38.4 Å². The SMILES string of the molecule is CCOC(=O)C1CCN(C[C@@H](O)c2ccccc2)CC1. The fourth-order valence-electron chi connectivity index (χ4n) is 2.64. The van der Waals surface area contributed by atoms with Crippen LogP contribution >= 0.6 is 0 Å². The fourth-order valence-corrected chi connectivity index (χ4v) is 2.64. The van der Waals surface area contributed by atoms with Crippen molar-refractivity contribution in [2.75, 3.05) is 26.2 Å². The Morgan fingerprint density at radius 1 is 1.35 bits per heavy atom. The maximum absolute atomic E-state index is 11.7. The van der Waals surface area contributed by atoms with E-state index in [0.717, 1.165) is 31.5 Å². The number of piperidine rings is 1. The predicted molar refractivity (Wildman–Crippen MR) is 77.2 cm³/mol. The van der Waals surface area contributed by atoms with E-state index in [0.29, 0.717) is 13.2 Å². The first-order valence-corrected chi connectivity index (χ1v) is 7.32. The van der Waals surface area contributed by atoms with Gasteiger partial charge in [-0.2, -0.15) is 0 Å². The third-order valence-corrected chi connectivity index (χ3v) is 3.82. The van der Waals surface area contributed by atoms with E-state index in [1.807, 2.05) is 37.3 Å². The molecule has 1 saturated heterocycles. The smallest absolute Gasteiger partial charge is 0.309 e. The number of β-amino-alcohol motifs (C(OH)–C–C–N with tert-alkyl or cyclic N) is 1. The Balaban J connectivity index is 1.78. The van der Waals surface area contributed by atoms with Crippen molar-refractivity contribution in [2.45, 2.75) is 25.9 Å². The average molecular weight is 277 g/mol. The molecule has 0 aliphatic carbocycles. The van der Waals surface area contributed by atoms with E-state index in [1.54, 1.807) is 0 Å². The summed E-state index contributed by atoms with van der Waals surface area (Å²) in [7, 11) is 0. The van der Waals surface area contributed by atoms with Gasteiger partial charge in [0.05, 0.1) is 18.6 Å². The lowest BCUT2D eigenvalue weighted by Crippen LogP contribution is -2.39. The highest BCUT2D eigenvalue weighted by atomic mass is 16.5. The van der Waals surface area contributed by atoms with Crippen molar-refractivity contribution >= 4 is 5.97 Å². The van der Waals surface area contributed by atoms with Crippen LogP contribution in [-0.4, -0.2) is 42.2 Å². The molecule has 2 rings (SSSR count). The quantitative estimate of drug-likeness (QED) is 0.836. The van der Waals surface area contributed by atoms with E-state index < -0.39 is 6.10 Å². The first-order valence-electron chi connectivity index (χ1n) is 7.32. The Morgan fingerprint density at radius 3 is 2.60 bits per heavy atom. The molecule has 0 radical (unpaired) electrons. The Bertz CT molecular complexity index is 413. The highest BCUT2D eigenvalue weighted by Crippen LogP contribution is 2.21. The molecule has 1 aromatic rings. The Labute approximate surface area is 120 Å². The van der Waals surface area contributed by atoms with Crippen LogP contribution in [0.4, 0.5) is 0 Å². The number of hydrogen-bond acceptors (Lipinski definition) is 4. The van der Waals surface area contributed by atoms with E-state index in [-0.39, 0.29) is 11.9 Å². The summed E-state index contributed by atoms with van der Waals surface area (Å²) in [4.78, 5) is 13.9. The summed E-state index contributed by atoms with van der Waals surface area (Å²) >= 11 is 0. The molecule has 1 aromatic carbocycles. The molecule has 0 unspecified atom stereocenters. The number of aliphatic hydroxyl groups excluding tert-OH is 1. The zero-order valence-corrected chi connectivity index (χ0v) is 12.0. The zero-order chi connectivity index (χ0) is 14.4. The molecule has 1 aliphatic heterocycles. The van der Waals surface area contributed by atoms with Crippen LogP contribution in [0.3, 0.4) is 0 Å². The molecular formula is C16H23NO3. The second-order valence-corrected chi connectivity index (χ2v) is 5.25. The molecule has 1 atom stereocenters. The molecule has 1 N–H and O–H groups in total. The monoisotopic (exact) mass is 277 g/mol. The van der Waals surface area contributed by atoms with Crippen molar-refractivity contribution in [2.24, 2.45) is 5.92 Å². The second-order valence-electron chi connectivity index (χ2n) is 5.25.